The number of nitrogens with zero attached hydrogens (tertiary/aromatic N) is 2. The second kappa shape index (κ2) is 9.73. The first-order valence-corrected chi connectivity index (χ1v) is 10.8. The molecular formula is C19H29N3O6S. The molecule has 1 aromatic carbocycles. The minimum absolute atomic E-state index is 0.188. The molecule has 0 saturated carbocycles. The number of sulfonamides is 1. The van der Waals surface area contributed by atoms with Crippen molar-refractivity contribution in [2.24, 2.45) is 0 Å². The maximum absolute atomic E-state index is 12.1. The van der Waals surface area contributed by atoms with E-state index in [1.807, 2.05) is 20.8 Å². The molecule has 0 bridgehead atoms. The predicted molar refractivity (Wildman–Crippen MR) is 110 cm³/mol. The summed E-state index contributed by atoms with van der Waals surface area (Å²) in [6, 6.07) is 6.71. The van der Waals surface area contributed by atoms with Gasteiger partial charge in [-0.15, -0.1) is 0 Å². The van der Waals surface area contributed by atoms with Gasteiger partial charge in [0.1, 0.15) is 6.54 Å². The second-order valence-corrected chi connectivity index (χ2v) is 9.67. The fraction of sp³-hybridized carbons (Fsp3) is 0.526. The molecule has 1 N–H and O–H groups in total. The quantitative estimate of drug-likeness (QED) is 0.611. The Morgan fingerprint density at radius 3 is 2.21 bits per heavy atom. The summed E-state index contributed by atoms with van der Waals surface area (Å²) in [4.78, 5) is 37.2. The number of hydrogen-bond donors (Lipinski definition) is 1. The lowest BCUT2D eigenvalue weighted by Crippen LogP contribution is -2.47. The Kier molecular flexibility index (Phi) is 8.19. The molecule has 0 atom stereocenters. The Balaban J connectivity index is 2.67. The van der Waals surface area contributed by atoms with Crippen molar-refractivity contribution < 1.29 is 27.5 Å². The smallest absolute Gasteiger partial charge is 0.327 e. The summed E-state index contributed by atoms with van der Waals surface area (Å²) in [7, 11) is -2.33. The van der Waals surface area contributed by atoms with Crippen LogP contribution in [0.4, 0.5) is 5.69 Å². The number of para-hydroxylation sites is 1. The van der Waals surface area contributed by atoms with Gasteiger partial charge < -0.3 is 15.0 Å². The lowest BCUT2D eigenvalue weighted by atomic mass is 10.1. The molecule has 0 aliphatic carbocycles. The molecule has 162 valence electrons. The van der Waals surface area contributed by atoms with E-state index in [-0.39, 0.29) is 12.5 Å². The van der Waals surface area contributed by atoms with Crippen molar-refractivity contribution in [3.63, 3.8) is 0 Å². The summed E-state index contributed by atoms with van der Waals surface area (Å²) in [5.74, 6) is -1.80. The van der Waals surface area contributed by atoms with Crippen LogP contribution in [-0.4, -0.2) is 69.6 Å². The van der Waals surface area contributed by atoms with E-state index in [9.17, 15) is 22.8 Å². The van der Waals surface area contributed by atoms with Crippen LogP contribution < -0.4 is 9.62 Å². The number of nitrogens with one attached hydrogen (secondary N) is 1. The fourth-order valence-electron chi connectivity index (χ4n) is 2.40. The fourth-order valence-corrected chi connectivity index (χ4v) is 3.30. The van der Waals surface area contributed by atoms with Crippen LogP contribution in [0, 0.1) is 6.92 Å². The predicted octanol–water partition coefficient (Wildman–Crippen LogP) is 0.677. The molecule has 0 aromatic heterocycles. The molecule has 0 aliphatic heterocycles. The van der Waals surface area contributed by atoms with Crippen LogP contribution in [0.15, 0.2) is 24.3 Å². The molecule has 0 radical (unpaired) electrons. The minimum Gasteiger partial charge on any atom is -0.454 e. The maximum atomic E-state index is 12.1. The van der Waals surface area contributed by atoms with E-state index in [2.05, 4.69) is 5.32 Å². The van der Waals surface area contributed by atoms with E-state index in [1.54, 1.807) is 31.2 Å². The van der Waals surface area contributed by atoms with E-state index >= 15 is 0 Å². The number of likely N-dealkylation sites (N-methyl/N-ethyl adjacent to an activating group) is 1. The van der Waals surface area contributed by atoms with Crippen molar-refractivity contribution in [3.05, 3.63) is 29.8 Å². The van der Waals surface area contributed by atoms with Gasteiger partial charge in [0.05, 0.1) is 18.5 Å². The summed E-state index contributed by atoms with van der Waals surface area (Å²) in [5, 5.41) is 2.72. The Bertz CT molecular complexity index is 861. The zero-order valence-corrected chi connectivity index (χ0v) is 18.5. The normalized spacial score (nSPS) is 11.5. The highest BCUT2D eigenvalue weighted by atomic mass is 32.2. The Morgan fingerprint density at radius 2 is 1.69 bits per heavy atom. The molecule has 0 unspecified atom stereocenters. The van der Waals surface area contributed by atoms with Gasteiger partial charge in [-0.2, -0.15) is 0 Å². The SMILES string of the molecule is Cc1ccccc1N(CC(=O)OCC(=O)N(C)CC(=O)NC(C)(C)C)S(C)(=O)=O. The van der Waals surface area contributed by atoms with Crippen LogP contribution in [0.1, 0.15) is 26.3 Å². The van der Waals surface area contributed by atoms with E-state index in [0.717, 1.165) is 15.5 Å². The lowest BCUT2D eigenvalue weighted by molar-refractivity contribution is -0.150. The average Bonchev–Trinajstić information content (AvgIpc) is 2.55. The maximum Gasteiger partial charge on any atom is 0.327 e. The third kappa shape index (κ3) is 8.51. The Morgan fingerprint density at radius 1 is 1.10 bits per heavy atom. The number of esters is 1. The van der Waals surface area contributed by atoms with E-state index in [4.69, 9.17) is 4.74 Å². The molecule has 0 heterocycles. The highest BCUT2D eigenvalue weighted by Crippen LogP contribution is 2.21. The van der Waals surface area contributed by atoms with Gasteiger partial charge in [-0.05, 0) is 39.3 Å². The van der Waals surface area contributed by atoms with Crippen LogP contribution in [0.2, 0.25) is 0 Å². The number of amides is 2. The first-order valence-electron chi connectivity index (χ1n) is 8.94. The molecule has 2 amide bonds. The van der Waals surface area contributed by atoms with Gasteiger partial charge in [0, 0.05) is 12.6 Å². The molecule has 0 aliphatic rings. The average molecular weight is 428 g/mol. The van der Waals surface area contributed by atoms with Gasteiger partial charge in [0.25, 0.3) is 5.91 Å². The number of carbonyl (C=O) groups is 3. The standard InChI is InChI=1S/C19H29N3O6S/c1-14-9-7-8-10-15(14)22(29(6,26)27)12-18(25)28-13-17(24)21(5)11-16(23)20-19(2,3)4/h7-10H,11-13H2,1-6H3,(H,20,23). The second-order valence-electron chi connectivity index (χ2n) is 7.76. The third-order valence-corrected chi connectivity index (χ3v) is 4.86. The van der Waals surface area contributed by atoms with E-state index < -0.39 is 40.6 Å². The van der Waals surface area contributed by atoms with Crippen molar-refractivity contribution in [3.8, 4) is 0 Å². The molecule has 0 saturated heterocycles. The molecule has 0 fully saturated rings. The minimum atomic E-state index is -3.74. The molecular weight excluding hydrogens is 398 g/mol. The topological polar surface area (TPSA) is 113 Å². The molecule has 10 heteroatoms. The van der Waals surface area contributed by atoms with Crippen LogP contribution in [0.25, 0.3) is 0 Å². The van der Waals surface area contributed by atoms with Crippen molar-refractivity contribution in [2.75, 3.05) is 37.3 Å². The van der Waals surface area contributed by atoms with Crippen LogP contribution >= 0.6 is 0 Å². The van der Waals surface area contributed by atoms with Crippen LogP contribution in [0.3, 0.4) is 0 Å². The molecule has 1 rings (SSSR count). The van der Waals surface area contributed by atoms with Gasteiger partial charge in [-0.1, -0.05) is 18.2 Å². The molecule has 0 spiro atoms. The number of aryl methyl sites for hydroxylation is 1. The van der Waals surface area contributed by atoms with Gasteiger partial charge in [0.2, 0.25) is 15.9 Å². The van der Waals surface area contributed by atoms with Gasteiger partial charge in [-0.25, -0.2) is 8.42 Å². The largest absolute Gasteiger partial charge is 0.454 e. The first kappa shape index (κ1) is 24.4. The highest BCUT2D eigenvalue weighted by molar-refractivity contribution is 7.92. The highest BCUT2D eigenvalue weighted by Gasteiger charge is 2.24. The van der Waals surface area contributed by atoms with Crippen molar-refractivity contribution in [2.45, 2.75) is 33.2 Å². The summed E-state index contributed by atoms with van der Waals surface area (Å²) in [6.07, 6.45) is 0.986. The van der Waals surface area contributed by atoms with E-state index in [1.165, 1.54) is 7.05 Å². The summed E-state index contributed by atoms with van der Waals surface area (Å²) in [5.41, 5.74) is 0.596. The Labute approximate surface area is 172 Å². The number of benzene rings is 1. The van der Waals surface area contributed by atoms with E-state index in [0.29, 0.717) is 11.3 Å². The number of hydrogen-bond acceptors (Lipinski definition) is 6. The van der Waals surface area contributed by atoms with Gasteiger partial charge >= 0.3 is 5.97 Å². The zero-order chi connectivity index (χ0) is 22.4. The van der Waals surface area contributed by atoms with Crippen molar-refractivity contribution in [1.82, 2.24) is 10.2 Å². The van der Waals surface area contributed by atoms with Crippen LogP contribution in [-0.2, 0) is 29.1 Å². The third-order valence-electron chi connectivity index (χ3n) is 3.73. The molecule has 29 heavy (non-hydrogen) atoms. The number of anilines is 1. The number of ether oxygens (including phenoxy) is 1. The number of carbonyl (C=O) groups excluding carboxylic acids is 3. The summed E-state index contributed by atoms with van der Waals surface area (Å²) < 4.78 is 30.1. The van der Waals surface area contributed by atoms with Gasteiger partial charge in [0.15, 0.2) is 6.61 Å². The Hall–Kier alpha value is -2.62. The monoisotopic (exact) mass is 427 g/mol. The lowest BCUT2D eigenvalue weighted by Gasteiger charge is -2.24. The van der Waals surface area contributed by atoms with Gasteiger partial charge in [-0.3, -0.25) is 18.7 Å². The van der Waals surface area contributed by atoms with Crippen molar-refractivity contribution in [1.29, 1.82) is 0 Å². The van der Waals surface area contributed by atoms with Crippen LogP contribution in [0.5, 0.6) is 0 Å². The number of rotatable bonds is 8. The molecule has 9 nitrogen and oxygen atoms in total. The van der Waals surface area contributed by atoms with Crippen molar-refractivity contribution >= 4 is 33.5 Å². The molecule has 1 aromatic rings. The first-order chi connectivity index (χ1) is 13.2. The summed E-state index contributed by atoms with van der Waals surface area (Å²) in [6.45, 7) is 5.82. The summed E-state index contributed by atoms with van der Waals surface area (Å²) >= 11 is 0. The zero-order valence-electron chi connectivity index (χ0n) is 17.7.